The summed E-state index contributed by atoms with van der Waals surface area (Å²) in [6.45, 7) is 4.57. The molecule has 1 aliphatic carbocycles. The van der Waals surface area contributed by atoms with Crippen LogP contribution in [0.1, 0.15) is 38.3 Å². The lowest BCUT2D eigenvalue weighted by Crippen LogP contribution is -2.59. The van der Waals surface area contributed by atoms with Gasteiger partial charge in [-0.05, 0) is 44.4 Å². The fraction of sp³-hybridized carbons (Fsp3) is 0.357. The first kappa shape index (κ1) is 25.7. The van der Waals surface area contributed by atoms with Crippen LogP contribution in [0.25, 0.3) is 44.3 Å². The number of H-pyrrole nitrogens is 1. The second kappa shape index (κ2) is 9.14. The van der Waals surface area contributed by atoms with E-state index in [-0.39, 0.29) is 24.2 Å². The number of aromatic amines is 1. The molecule has 1 fully saturated rings. The van der Waals surface area contributed by atoms with Crippen LogP contribution in [0.5, 0.6) is 0 Å². The van der Waals surface area contributed by atoms with Crippen molar-refractivity contribution in [3.63, 3.8) is 0 Å². The average Bonchev–Trinajstić information content (AvgIpc) is 3.61. The monoisotopic (exact) mass is 573 g/mol. The van der Waals surface area contributed by atoms with Crippen LogP contribution in [-0.4, -0.2) is 62.3 Å². The van der Waals surface area contributed by atoms with Crippen molar-refractivity contribution in [1.29, 1.82) is 0 Å². The van der Waals surface area contributed by atoms with E-state index in [1.54, 1.807) is 15.8 Å². The summed E-state index contributed by atoms with van der Waals surface area (Å²) < 4.78 is 30.0. The molecule has 4 aromatic heterocycles. The Bertz CT molecular complexity index is 1950. The summed E-state index contributed by atoms with van der Waals surface area (Å²) in [6.07, 6.45) is 9.67. The van der Waals surface area contributed by atoms with Crippen molar-refractivity contribution in [1.82, 2.24) is 39.6 Å². The van der Waals surface area contributed by atoms with E-state index in [9.17, 15) is 13.2 Å². The second-order valence-corrected chi connectivity index (χ2v) is 13.1. The fourth-order valence-electron chi connectivity index (χ4n) is 6.16. The molecular weight excluding hydrogens is 542 g/mol. The van der Waals surface area contributed by atoms with Crippen LogP contribution in [0.4, 0.5) is 10.5 Å². The Balaban J connectivity index is 1.44. The molecule has 13 heteroatoms. The van der Waals surface area contributed by atoms with Crippen molar-refractivity contribution in [3.8, 4) is 22.4 Å². The van der Waals surface area contributed by atoms with Gasteiger partial charge >= 0.3 is 6.03 Å². The van der Waals surface area contributed by atoms with E-state index in [1.807, 2.05) is 30.3 Å². The van der Waals surface area contributed by atoms with Gasteiger partial charge < -0.3 is 10.3 Å². The van der Waals surface area contributed by atoms with E-state index in [0.29, 0.717) is 25.0 Å². The minimum atomic E-state index is -3.34. The van der Waals surface area contributed by atoms with E-state index < -0.39 is 10.0 Å². The lowest BCUT2D eigenvalue weighted by molar-refractivity contribution is 0.231. The molecule has 1 aromatic carbocycles. The van der Waals surface area contributed by atoms with Gasteiger partial charge in [0, 0.05) is 66.2 Å². The van der Waals surface area contributed by atoms with Crippen molar-refractivity contribution in [3.05, 3.63) is 48.5 Å². The summed E-state index contributed by atoms with van der Waals surface area (Å²) in [6, 6.07) is 5.97. The molecular formula is C28H31N9O3S. The highest BCUT2D eigenvalue weighted by Gasteiger charge is 2.42. The Hall–Kier alpha value is -4.23. The Labute approximate surface area is 236 Å². The van der Waals surface area contributed by atoms with Crippen LogP contribution in [0.15, 0.2) is 43.0 Å². The molecule has 0 unspecified atom stereocenters. The number of sulfonamides is 1. The maximum absolute atomic E-state index is 13.4. The number of nitrogens with zero attached hydrogens (tertiary/aromatic N) is 6. The van der Waals surface area contributed by atoms with Crippen molar-refractivity contribution < 1.29 is 13.2 Å². The van der Waals surface area contributed by atoms with E-state index in [2.05, 4.69) is 57.3 Å². The topological polar surface area (TPSA) is 143 Å². The predicted octanol–water partition coefficient (Wildman–Crippen LogP) is 3.67. The van der Waals surface area contributed by atoms with Crippen LogP contribution in [-0.2, 0) is 23.6 Å². The highest BCUT2D eigenvalue weighted by Crippen LogP contribution is 2.46. The van der Waals surface area contributed by atoms with Gasteiger partial charge in [0.1, 0.15) is 5.65 Å². The zero-order chi connectivity index (χ0) is 28.6. The van der Waals surface area contributed by atoms with Crippen LogP contribution < -0.4 is 14.9 Å². The molecule has 0 saturated heterocycles. The number of carbonyl (C=O) groups is 1. The third-order valence-electron chi connectivity index (χ3n) is 7.99. The van der Waals surface area contributed by atoms with E-state index in [4.69, 9.17) is 4.98 Å². The number of urea groups is 1. The summed E-state index contributed by atoms with van der Waals surface area (Å²) in [5.74, 6) is 0. The van der Waals surface area contributed by atoms with Crippen LogP contribution in [0.2, 0.25) is 0 Å². The summed E-state index contributed by atoms with van der Waals surface area (Å²) >= 11 is 0. The maximum Gasteiger partial charge on any atom is 0.322 e. The first-order chi connectivity index (χ1) is 19.6. The van der Waals surface area contributed by atoms with Gasteiger partial charge in [0.05, 0.1) is 40.9 Å². The molecule has 2 amide bonds. The Morgan fingerprint density at radius 1 is 1.10 bits per heavy atom. The standard InChI is InChI=1S/C28H31N9O3S/c1-15(2)37-22-6-5-16(7-17(22)12-32-37)23-24-26-18(10-29-27(24)33-25(23)19-13-31-35(3)14-19)11-30-28(38)36(26)21-8-20(9-21)34-41(4,39)40/h5-7,10,12-15,20-21,34H,8-9,11H2,1-4H3,(H,29,33)(H,30,38). The molecule has 0 radical (unpaired) electrons. The lowest BCUT2D eigenvalue weighted by Gasteiger charge is -2.45. The zero-order valence-electron chi connectivity index (χ0n) is 23.2. The summed E-state index contributed by atoms with van der Waals surface area (Å²) in [5, 5.41) is 13.9. The van der Waals surface area contributed by atoms with Crippen molar-refractivity contribution in [2.24, 2.45) is 7.05 Å². The number of aromatic nitrogens is 6. The van der Waals surface area contributed by atoms with Crippen molar-refractivity contribution in [2.45, 2.75) is 51.4 Å². The molecule has 1 saturated carbocycles. The van der Waals surface area contributed by atoms with Crippen molar-refractivity contribution in [2.75, 3.05) is 11.2 Å². The van der Waals surface area contributed by atoms with Crippen LogP contribution >= 0.6 is 0 Å². The normalized spacial score (nSPS) is 19.1. The molecule has 12 nitrogen and oxygen atoms in total. The number of benzene rings is 1. The van der Waals surface area contributed by atoms with E-state index in [0.717, 1.165) is 56.2 Å². The SMILES string of the molecule is CC(C)n1ncc2cc(-c3c(-c4cnn(C)c4)[nH]c4ncc5c(c34)N(C3CC(NS(C)(=O)=O)C3)C(=O)NC5)ccc21. The van der Waals surface area contributed by atoms with Gasteiger partial charge in [-0.15, -0.1) is 0 Å². The molecule has 5 aromatic rings. The molecule has 7 rings (SSSR count). The van der Waals surface area contributed by atoms with E-state index >= 15 is 0 Å². The smallest absolute Gasteiger partial charge is 0.322 e. The van der Waals surface area contributed by atoms with Gasteiger partial charge in [-0.1, -0.05) is 6.07 Å². The summed E-state index contributed by atoms with van der Waals surface area (Å²) in [7, 11) is -1.46. The highest BCUT2D eigenvalue weighted by molar-refractivity contribution is 7.88. The number of anilines is 1. The molecule has 1 aliphatic heterocycles. The van der Waals surface area contributed by atoms with Crippen LogP contribution in [0.3, 0.4) is 0 Å². The molecule has 3 N–H and O–H groups in total. The number of nitrogens with one attached hydrogen (secondary N) is 3. The van der Waals surface area contributed by atoms with Crippen LogP contribution in [0, 0.1) is 0 Å². The summed E-state index contributed by atoms with van der Waals surface area (Å²) in [5.41, 5.74) is 7.09. The molecule has 212 valence electrons. The molecule has 0 bridgehead atoms. The number of carbonyl (C=O) groups excluding carboxylic acids is 1. The minimum absolute atomic E-state index is 0.157. The molecule has 0 spiro atoms. The third kappa shape index (κ3) is 4.27. The predicted molar refractivity (Wildman–Crippen MR) is 157 cm³/mol. The second-order valence-electron chi connectivity index (χ2n) is 11.3. The van der Waals surface area contributed by atoms with Crippen molar-refractivity contribution >= 4 is 43.7 Å². The lowest BCUT2D eigenvalue weighted by atomic mass is 9.85. The van der Waals surface area contributed by atoms with Gasteiger partial charge in [-0.2, -0.15) is 10.2 Å². The maximum atomic E-state index is 13.4. The van der Waals surface area contributed by atoms with E-state index in [1.165, 1.54) is 0 Å². The van der Waals surface area contributed by atoms with Gasteiger partial charge in [0.2, 0.25) is 10.0 Å². The summed E-state index contributed by atoms with van der Waals surface area (Å²) in [4.78, 5) is 23.5. The van der Waals surface area contributed by atoms with Gasteiger partial charge in [0.15, 0.2) is 0 Å². The van der Waals surface area contributed by atoms with Gasteiger partial charge in [-0.25, -0.2) is 22.9 Å². The number of amides is 2. The quantitative estimate of drug-likeness (QED) is 0.283. The number of pyridine rings is 1. The first-order valence-electron chi connectivity index (χ1n) is 13.6. The highest BCUT2D eigenvalue weighted by atomic mass is 32.2. The molecule has 41 heavy (non-hydrogen) atoms. The van der Waals surface area contributed by atoms with Gasteiger partial charge in [-0.3, -0.25) is 14.3 Å². The largest absolute Gasteiger partial charge is 0.339 e. The fourth-order valence-corrected chi connectivity index (χ4v) is 6.96. The number of fused-ring (bicyclic) bond motifs is 4. The molecule has 5 heterocycles. The molecule has 2 aliphatic rings. The first-order valence-corrected chi connectivity index (χ1v) is 15.5. The zero-order valence-corrected chi connectivity index (χ0v) is 24.0. The Morgan fingerprint density at radius 3 is 2.61 bits per heavy atom. The average molecular weight is 574 g/mol. The number of hydrogen-bond acceptors (Lipinski definition) is 6. The Morgan fingerprint density at radius 2 is 1.90 bits per heavy atom. The third-order valence-corrected chi connectivity index (χ3v) is 8.75. The number of rotatable bonds is 6. The Kier molecular flexibility index (Phi) is 5.74. The molecule has 0 atom stereocenters. The minimum Gasteiger partial charge on any atom is -0.339 e. The number of hydrogen-bond donors (Lipinski definition) is 3. The number of aryl methyl sites for hydroxylation is 1. The van der Waals surface area contributed by atoms with Gasteiger partial charge in [0.25, 0.3) is 0 Å².